The maximum Gasteiger partial charge on any atom is 0.314 e. The van der Waals surface area contributed by atoms with Crippen molar-refractivity contribution in [1.29, 1.82) is 0 Å². The van der Waals surface area contributed by atoms with Crippen molar-refractivity contribution in [1.82, 2.24) is 0 Å². The summed E-state index contributed by atoms with van der Waals surface area (Å²) in [6, 6.07) is 14.7. The third-order valence-corrected chi connectivity index (χ3v) is 6.63. The first-order valence-corrected chi connectivity index (χ1v) is 11.5. The van der Waals surface area contributed by atoms with Crippen LogP contribution in [0.4, 0.5) is 13.2 Å². The third kappa shape index (κ3) is 4.96. The van der Waals surface area contributed by atoms with Crippen molar-refractivity contribution in [2.75, 3.05) is 7.11 Å². The maximum atomic E-state index is 15.0. The molecule has 0 radical (unpaired) electrons. The van der Waals surface area contributed by atoms with Crippen molar-refractivity contribution in [3.8, 4) is 22.6 Å². The Morgan fingerprint density at radius 3 is 2.24 bits per heavy atom. The molecule has 1 aliphatic carbocycles. The Bertz CT molecular complexity index is 1170. The predicted octanol–water partition coefficient (Wildman–Crippen LogP) is 7.22. The molecule has 0 aromatic heterocycles. The Labute approximate surface area is 197 Å². The molecule has 0 aliphatic heterocycles. The van der Waals surface area contributed by atoms with Crippen molar-refractivity contribution in [2.24, 2.45) is 5.92 Å². The molecule has 0 spiro atoms. The summed E-state index contributed by atoms with van der Waals surface area (Å²) >= 11 is 0. The zero-order valence-electron chi connectivity index (χ0n) is 19.2. The van der Waals surface area contributed by atoms with Crippen molar-refractivity contribution < 1.29 is 27.4 Å². The summed E-state index contributed by atoms with van der Waals surface area (Å²) in [6.45, 7) is 2.04. The van der Waals surface area contributed by atoms with Crippen LogP contribution in [0.5, 0.6) is 11.5 Å². The van der Waals surface area contributed by atoms with Crippen LogP contribution in [-0.4, -0.2) is 13.1 Å². The Morgan fingerprint density at radius 1 is 0.912 bits per heavy atom. The zero-order chi connectivity index (χ0) is 24.2. The Hall–Kier alpha value is -3.28. The highest BCUT2D eigenvalue weighted by atomic mass is 19.2. The average molecular weight is 469 g/mol. The summed E-state index contributed by atoms with van der Waals surface area (Å²) < 4.78 is 54.0. The lowest BCUT2D eigenvalue weighted by Gasteiger charge is -2.28. The van der Waals surface area contributed by atoms with E-state index in [0.717, 1.165) is 18.1 Å². The lowest BCUT2D eigenvalue weighted by Crippen LogP contribution is -2.25. The van der Waals surface area contributed by atoms with Gasteiger partial charge in [-0.25, -0.2) is 13.2 Å². The van der Waals surface area contributed by atoms with Crippen LogP contribution in [0.2, 0.25) is 0 Å². The number of methoxy groups -OCH3 is 1. The molecule has 3 aromatic rings. The maximum absolute atomic E-state index is 15.0. The minimum atomic E-state index is -0.843. The molecule has 34 heavy (non-hydrogen) atoms. The van der Waals surface area contributed by atoms with E-state index in [1.165, 1.54) is 19.2 Å². The zero-order valence-corrected chi connectivity index (χ0v) is 19.2. The van der Waals surface area contributed by atoms with Gasteiger partial charge in [0.05, 0.1) is 13.0 Å². The molecule has 1 aliphatic rings. The van der Waals surface area contributed by atoms with E-state index in [2.05, 4.69) is 0 Å². The fraction of sp³-hybridized carbons (Fsp3) is 0.321. The molecule has 178 valence electrons. The number of halogens is 3. The van der Waals surface area contributed by atoms with Crippen LogP contribution in [0.1, 0.15) is 49.7 Å². The largest absolute Gasteiger partial charge is 0.494 e. The number of carbonyl (C=O) groups is 1. The minimum absolute atomic E-state index is 0.0681. The molecule has 0 saturated heterocycles. The normalized spacial score (nSPS) is 17.9. The monoisotopic (exact) mass is 468 g/mol. The van der Waals surface area contributed by atoms with Crippen LogP contribution in [0, 0.1) is 23.4 Å². The van der Waals surface area contributed by atoms with Crippen LogP contribution >= 0.6 is 0 Å². The molecule has 3 aromatic carbocycles. The van der Waals surface area contributed by atoms with Crippen molar-refractivity contribution in [2.45, 2.75) is 44.9 Å². The summed E-state index contributed by atoms with van der Waals surface area (Å²) in [6.07, 6.45) is 2.94. The van der Waals surface area contributed by atoms with Gasteiger partial charge in [0.2, 0.25) is 0 Å². The van der Waals surface area contributed by atoms with E-state index in [1.807, 2.05) is 31.2 Å². The summed E-state index contributed by atoms with van der Waals surface area (Å²) in [5.74, 6) is -3.08. The number of aryl methyl sites for hydroxylation is 1. The summed E-state index contributed by atoms with van der Waals surface area (Å²) in [7, 11) is 1.36. The molecule has 0 atom stereocenters. The highest BCUT2D eigenvalue weighted by Gasteiger charge is 2.31. The molecular formula is C28H27F3O3. The number of hydrogen-bond acceptors (Lipinski definition) is 3. The van der Waals surface area contributed by atoms with Gasteiger partial charge < -0.3 is 9.47 Å². The number of ether oxygens (including phenoxy) is 2. The minimum Gasteiger partial charge on any atom is -0.494 e. The molecule has 6 heteroatoms. The third-order valence-electron chi connectivity index (χ3n) is 6.63. The highest BCUT2D eigenvalue weighted by molar-refractivity contribution is 5.75. The van der Waals surface area contributed by atoms with Crippen LogP contribution in [0.3, 0.4) is 0 Å². The molecule has 0 unspecified atom stereocenters. The molecule has 0 amide bonds. The molecular weight excluding hydrogens is 441 g/mol. The van der Waals surface area contributed by atoms with Gasteiger partial charge >= 0.3 is 5.97 Å². The van der Waals surface area contributed by atoms with Crippen LogP contribution in [0.15, 0.2) is 54.6 Å². The number of hydrogen-bond donors (Lipinski definition) is 0. The predicted molar refractivity (Wildman–Crippen MR) is 124 cm³/mol. The summed E-state index contributed by atoms with van der Waals surface area (Å²) in [4.78, 5) is 12.5. The van der Waals surface area contributed by atoms with Gasteiger partial charge in [0.25, 0.3) is 0 Å². The fourth-order valence-corrected chi connectivity index (χ4v) is 4.57. The average Bonchev–Trinajstić information content (AvgIpc) is 2.86. The molecule has 1 saturated carbocycles. The Morgan fingerprint density at radius 2 is 1.62 bits per heavy atom. The van der Waals surface area contributed by atoms with Gasteiger partial charge in [0.1, 0.15) is 5.75 Å². The van der Waals surface area contributed by atoms with E-state index >= 15 is 4.39 Å². The van der Waals surface area contributed by atoms with Gasteiger partial charge in [0, 0.05) is 11.6 Å². The molecule has 0 heterocycles. The second kappa shape index (κ2) is 10.3. The topological polar surface area (TPSA) is 35.5 Å². The van der Waals surface area contributed by atoms with E-state index in [0.29, 0.717) is 36.8 Å². The van der Waals surface area contributed by atoms with Crippen molar-refractivity contribution >= 4 is 5.97 Å². The highest BCUT2D eigenvalue weighted by Crippen LogP contribution is 2.39. The second-order valence-electron chi connectivity index (χ2n) is 8.65. The lowest BCUT2D eigenvalue weighted by molar-refractivity contribution is -0.140. The number of rotatable bonds is 6. The van der Waals surface area contributed by atoms with Gasteiger partial charge in [-0.05, 0) is 66.8 Å². The van der Waals surface area contributed by atoms with Gasteiger partial charge in [-0.1, -0.05) is 43.3 Å². The SMILES string of the molecule is CCc1ccc(-c2ccc(C3CCC(C(=O)Oc4ccc(OC)c(F)c4)CC3)c(F)c2F)cc1. The van der Waals surface area contributed by atoms with Gasteiger partial charge in [-0.3, -0.25) is 4.79 Å². The fourth-order valence-electron chi connectivity index (χ4n) is 4.57. The Kier molecular flexibility index (Phi) is 7.25. The number of carbonyl (C=O) groups excluding carboxylic acids is 1. The summed E-state index contributed by atoms with van der Waals surface area (Å²) in [5, 5.41) is 0. The van der Waals surface area contributed by atoms with Crippen LogP contribution < -0.4 is 9.47 Å². The second-order valence-corrected chi connectivity index (χ2v) is 8.65. The number of esters is 1. The molecule has 4 rings (SSSR count). The lowest BCUT2D eigenvalue weighted by atomic mass is 9.78. The van der Waals surface area contributed by atoms with Crippen LogP contribution in [-0.2, 0) is 11.2 Å². The first-order chi connectivity index (χ1) is 16.4. The van der Waals surface area contributed by atoms with E-state index < -0.39 is 23.4 Å². The van der Waals surface area contributed by atoms with Gasteiger partial charge in [-0.15, -0.1) is 0 Å². The van der Waals surface area contributed by atoms with E-state index in [9.17, 15) is 13.6 Å². The first kappa shape index (κ1) is 23.9. The molecule has 1 fully saturated rings. The Balaban J connectivity index is 1.41. The van der Waals surface area contributed by atoms with Crippen LogP contribution in [0.25, 0.3) is 11.1 Å². The molecule has 0 N–H and O–H groups in total. The van der Waals surface area contributed by atoms with Crippen molar-refractivity contribution in [3.63, 3.8) is 0 Å². The number of benzene rings is 3. The molecule has 3 nitrogen and oxygen atoms in total. The van der Waals surface area contributed by atoms with E-state index in [-0.39, 0.29) is 28.9 Å². The molecule has 0 bridgehead atoms. The van der Waals surface area contributed by atoms with Gasteiger partial charge in [-0.2, -0.15) is 0 Å². The summed E-state index contributed by atoms with van der Waals surface area (Å²) in [5.41, 5.74) is 2.36. The standard InChI is InChI=1S/C28H27F3O3/c1-3-17-4-6-18(7-5-17)22-13-14-23(27(31)26(22)30)19-8-10-20(11-9-19)28(32)34-21-12-15-25(33-2)24(29)16-21/h4-7,12-16,19-20H,3,8-11H2,1-2H3. The van der Waals surface area contributed by atoms with E-state index in [1.54, 1.807) is 12.1 Å². The quantitative estimate of drug-likeness (QED) is 0.283. The van der Waals surface area contributed by atoms with Crippen molar-refractivity contribution in [3.05, 3.63) is 83.2 Å². The first-order valence-electron chi connectivity index (χ1n) is 11.5. The van der Waals surface area contributed by atoms with Gasteiger partial charge in [0.15, 0.2) is 23.2 Å². The van der Waals surface area contributed by atoms with E-state index in [4.69, 9.17) is 9.47 Å². The smallest absolute Gasteiger partial charge is 0.314 e.